The van der Waals surface area contributed by atoms with E-state index >= 15 is 0 Å². The number of hydrogen-bond donors (Lipinski definition) is 3. The lowest BCUT2D eigenvalue weighted by Gasteiger charge is -2.25. The number of benzene rings is 3. The lowest BCUT2D eigenvalue weighted by atomic mass is 9.94. The normalized spacial score (nSPS) is 13.6. The molecule has 1 amide bonds. The number of rotatable bonds is 13. The number of hydrogen-bond acceptors (Lipinski definition) is 5. The summed E-state index contributed by atoms with van der Waals surface area (Å²) in [6, 6.07) is 25.0. The zero-order valence-electron chi connectivity index (χ0n) is 24.2. The van der Waals surface area contributed by atoms with Crippen LogP contribution in [0.2, 0.25) is 0 Å². The summed E-state index contributed by atoms with van der Waals surface area (Å²) >= 11 is 0. The molecule has 7 nitrogen and oxygen atoms in total. The molecule has 4 aromatic rings. The van der Waals surface area contributed by atoms with Gasteiger partial charge in [-0.25, -0.2) is 4.39 Å². The number of methoxy groups -OCH3 is 1. The molecule has 1 aromatic heterocycles. The van der Waals surface area contributed by atoms with Gasteiger partial charge in [0.05, 0.1) is 23.5 Å². The average molecular weight is 574 g/mol. The molecule has 222 valence electrons. The molecule has 0 fully saturated rings. The maximum atomic E-state index is 14.1. The Morgan fingerprint density at radius 2 is 1.52 bits per heavy atom. The van der Waals surface area contributed by atoms with Gasteiger partial charge in [0.1, 0.15) is 5.82 Å². The quantitative estimate of drug-likeness (QED) is 0.182. The first kappa shape index (κ1) is 31.1. The van der Waals surface area contributed by atoms with Crippen LogP contribution in [0, 0.1) is 5.82 Å². The summed E-state index contributed by atoms with van der Waals surface area (Å²) in [4.78, 5) is 14.1. The summed E-state index contributed by atoms with van der Waals surface area (Å²) in [7, 11) is 1.28. The second-order valence-electron chi connectivity index (χ2n) is 10.7. The molecule has 0 spiro atoms. The van der Waals surface area contributed by atoms with Crippen LogP contribution < -0.4 is 10.4 Å². The van der Waals surface area contributed by atoms with Crippen molar-refractivity contribution in [2.75, 3.05) is 12.4 Å². The van der Waals surface area contributed by atoms with Gasteiger partial charge in [-0.05, 0) is 79.0 Å². The molecule has 0 saturated heterocycles. The Kier molecular flexibility index (Phi) is 10.7. The molecular formula is C34H38FN2O5-. The van der Waals surface area contributed by atoms with Crippen LogP contribution in [0.25, 0.3) is 22.4 Å². The predicted octanol–water partition coefficient (Wildman–Crippen LogP) is 5.56. The number of para-hydroxylation sites is 1. The fourth-order valence-electron chi connectivity index (χ4n) is 5.33. The van der Waals surface area contributed by atoms with Crippen LogP contribution in [0.4, 0.5) is 10.1 Å². The van der Waals surface area contributed by atoms with Crippen molar-refractivity contribution in [1.82, 2.24) is 4.57 Å². The summed E-state index contributed by atoms with van der Waals surface area (Å²) in [5.74, 6) is -0.742. The van der Waals surface area contributed by atoms with Crippen LogP contribution in [-0.2, 0) is 11.3 Å². The minimum Gasteiger partial charge on any atom is -0.831 e. The highest BCUT2D eigenvalue weighted by Crippen LogP contribution is 2.42. The maximum absolute atomic E-state index is 14.1. The first-order valence-corrected chi connectivity index (χ1v) is 14.2. The van der Waals surface area contributed by atoms with Crippen LogP contribution in [0.5, 0.6) is 0 Å². The standard InChI is InChI=1S/C34H38FN2O5/c1-22(2)32-31(34(41)36-26-12-8-5-9-13-26)30(23-10-6-4-7-11-23)33(24-14-16-25(35)17-15-24)37(32)19-18-27(38)20-28(39)21-29(40)42-3/h4-17,22,27-29,38-39H,18-21H2,1-3H3,(H,36,41)/q-1/t27-,28-,29?/m1/s1. The van der Waals surface area contributed by atoms with E-state index in [1.54, 1.807) is 12.1 Å². The van der Waals surface area contributed by atoms with Gasteiger partial charge in [0.25, 0.3) is 5.91 Å². The molecule has 3 atom stereocenters. The van der Waals surface area contributed by atoms with Gasteiger partial charge in [-0.15, -0.1) is 0 Å². The summed E-state index contributed by atoms with van der Waals surface area (Å²) < 4.78 is 20.8. The van der Waals surface area contributed by atoms with Crippen molar-refractivity contribution in [2.45, 2.75) is 64.1 Å². The highest BCUT2D eigenvalue weighted by molar-refractivity contribution is 6.12. The van der Waals surface area contributed by atoms with E-state index in [2.05, 4.69) is 5.32 Å². The molecule has 1 unspecified atom stereocenters. The van der Waals surface area contributed by atoms with Gasteiger partial charge >= 0.3 is 0 Å². The second kappa shape index (κ2) is 14.4. The molecule has 8 heteroatoms. The van der Waals surface area contributed by atoms with Crippen LogP contribution in [0.15, 0.2) is 84.9 Å². The van der Waals surface area contributed by atoms with Crippen molar-refractivity contribution in [3.8, 4) is 22.4 Å². The molecule has 0 bridgehead atoms. The highest BCUT2D eigenvalue weighted by atomic mass is 19.1. The summed E-state index contributed by atoms with van der Waals surface area (Å²) in [5.41, 5.74) is 4.92. The number of carbonyl (C=O) groups is 1. The number of amides is 1. The van der Waals surface area contributed by atoms with Crippen molar-refractivity contribution < 1.29 is 29.2 Å². The largest absolute Gasteiger partial charge is 0.831 e. The van der Waals surface area contributed by atoms with Crippen molar-refractivity contribution in [1.29, 1.82) is 0 Å². The van der Waals surface area contributed by atoms with Gasteiger partial charge in [-0.3, -0.25) is 4.79 Å². The Labute approximate surface area is 246 Å². The van der Waals surface area contributed by atoms with Gasteiger partial charge in [-0.2, -0.15) is 0 Å². The molecule has 0 saturated carbocycles. The van der Waals surface area contributed by atoms with E-state index in [-0.39, 0.29) is 36.9 Å². The maximum Gasteiger partial charge on any atom is 0.258 e. The first-order chi connectivity index (χ1) is 20.2. The molecule has 42 heavy (non-hydrogen) atoms. The molecule has 0 aliphatic rings. The number of ether oxygens (including phenoxy) is 1. The van der Waals surface area contributed by atoms with Crippen LogP contribution in [-0.4, -0.2) is 46.3 Å². The molecule has 1 heterocycles. The van der Waals surface area contributed by atoms with Crippen LogP contribution >= 0.6 is 0 Å². The fraction of sp³-hybridized carbons (Fsp3) is 0.324. The van der Waals surface area contributed by atoms with Crippen molar-refractivity contribution >= 4 is 11.6 Å². The number of anilines is 1. The second-order valence-corrected chi connectivity index (χ2v) is 10.7. The van der Waals surface area contributed by atoms with E-state index < -0.39 is 18.5 Å². The SMILES string of the molecule is COC([O-])C[C@H](O)C[C@H](O)CCn1c(-c2ccc(F)cc2)c(-c2ccccc2)c(C(=O)Nc2ccccc2)c1C(C)C. The fourth-order valence-corrected chi connectivity index (χ4v) is 5.33. The summed E-state index contributed by atoms with van der Waals surface area (Å²) in [6.45, 7) is 4.33. The smallest absolute Gasteiger partial charge is 0.258 e. The highest BCUT2D eigenvalue weighted by Gasteiger charge is 2.30. The van der Waals surface area contributed by atoms with E-state index in [9.17, 15) is 24.5 Å². The van der Waals surface area contributed by atoms with Crippen molar-refractivity contribution in [3.63, 3.8) is 0 Å². The lowest BCUT2D eigenvalue weighted by Crippen LogP contribution is -2.33. The Bertz CT molecular complexity index is 1440. The van der Waals surface area contributed by atoms with Crippen molar-refractivity contribution in [3.05, 3.63) is 102 Å². The Hall–Kier alpha value is -3.82. The lowest BCUT2D eigenvalue weighted by molar-refractivity contribution is -0.490. The number of aromatic nitrogens is 1. The van der Waals surface area contributed by atoms with E-state index in [4.69, 9.17) is 4.74 Å². The minimum absolute atomic E-state index is 0.0131. The van der Waals surface area contributed by atoms with Crippen molar-refractivity contribution in [2.24, 2.45) is 0 Å². The van der Waals surface area contributed by atoms with Gasteiger partial charge in [0.15, 0.2) is 0 Å². The summed E-state index contributed by atoms with van der Waals surface area (Å²) in [5, 5.41) is 35.8. The molecule has 0 aliphatic heterocycles. The van der Waals surface area contributed by atoms with E-state index in [0.29, 0.717) is 23.4 Å². The number of aliphatic hydroxyl groups is 2. The Balaban J connectivity index is 1.85. The van der Waals surface area contributed by atoms with Crippen LogP contribution in [0.1, 0.15) is 55.1 Å². The van der Waals surface area contributed by atoms with E-state index in [1.165, 1.54) is 19.2 Å². The number of aliphatic hydroxyl groups excluding tert-OH is 2. The first-order valence-electron chi connectivity index (χ1n) is 14.2. The molecular weight excluding hydrogens is 535 g/mol. The summed E-state index contributed by atoms with van der Waals surface area (Å²) in [6.07, 6.45) is -3.15. The van der Waals surface area contributed by atoms with Crippen LogP contribution in [0.3, 0.4) is 0 Å². The molecule has 3 N–H and O–H groups in total. The third-order valence-electron chi connectivity index (χ3n) is 7.25. The van der Waals surface area contributed by atoms with E-state index in [0.717, 1.165) is 22.5 Å². The topological polar surface area (TPSA) is 107 Å². The average Bonchev–Trinajstić information content (AvgIpc) is 3.33. The van der Waals surface area contributed by atoms with E-state index in [1.807, 2.05) is 79.1 Å². The predicted molar refractivity (Wildman–Crippen MR) is 160 cm³/mol. The van der Waals surface area contributed by atoms with Gasteiger partial charge in [0, 0.05) is 30.6 Å². The number of halogens is 1. The zero-order valence-corrected chi connectivity index (χ0v) is 24.2. The Morgan fingerprint density at radius 3 is 2.12 bits per heavy atom. The number of nitrogens with zero attached hydrogens (tertiary/aromatic N) is 1. The monoisotopic (exact) mass is 573 g/mol. The minimum atomic E-state index is -1.37. The third-order valence-corrected chi connectivity index (χ3v) is 7.25. The molecule has 0 aliphatic carbocycles. The van der Waals surface area contributed by atoms with Gasteiger partial charge in [-0.1, -0.05) is 62.4 Å². The number of nitrogens with one attached hydrogen (secondary N) is 1. The van der Waals surface area contributed by atoms with Gasteiger partial charge < -0.3 is 29.9 Å². The zero-order chi connectivity index (χ0) is 30.2. The third kappa shape index (κ3) is 7.52. The van der Waals surface area contributed by atoms with Gasteiger partial charge in [0.2, 0.25) is 0 Å². The number of carbonyl (C=O) groups excluding carboxylic acids is 1. The molecule has 3 aromatic carbocycles. The Morgan fingerprint density at radius 1 is 0.905 bits per heavy atom. The molecule has 4 rings (SSSR count). The molecule has 0 radical (unpaired) electrons.